The first-order valence-corrected chi connectivity index (χ1v) is 7.79. The van der Waals surface area contributed by atoms with E-state index >= 15 is 0 Å². The molecule has 0 aromatic heterocycles. The lowest BCUT2D eigenvalue weighted by Crippen LogP contribution is -1.99. The molecule has 2 rings (SSSR count). The van der Waals surface area contributed by atoms with Crippen molar-refractivity contribution in [2.24, 2.45) is 0 Å². The van der Waals surface area contributed by atoms with E-state index < -0.39 is 10.1 Å². The van der Waals surface area contributed by atoms with Gasteiger partial charge in [0.2, 0.25) is 0 Å². The summed E-state index contributed by atoms with van der Waals surface area (Å²) >= 11 is 4.22. The van der Waals surface area contributed by atoms with Crippen molar-refractivity contribution in [1.82, 2.24) is 0 Å². The summed E-state index contributed by atoms with van der Waals surface area (Å²) in [4.78, 5) is -0.175. The summed E-state index contributed by atoms with van der Waals surface area (Å²) < 4.78 is 34.6. The van der Waals surface area contributed by atoms with Gasteiger partial charge < -0.3 is 4.55 Å². The number of hydrogen-bond donors (Lipinski definition) is 0. The lowest BCUT2D eigenvalue weighted by atomic mass is 10.1. The van der Waals surface area contributed by atoms with Gasteiger partial charge in [0, 0.05) is 7.14 Å². The Bertz CT molecular complexity index is 665. The van der Waals surface area contributed by atoms with E-state index in [0.717, 1.165) is 17.9 Å². The topological polar surface area (TPSA) is 57.2 Å². The predicted molar refractivity (Wildman–Crippen MR) is 77.3 cm³/mol. The SMILES string of the molecule is O=S(=O)([O-])c1cc(I)c2cc(I)ccc2c1. The highest BCUT2D eigenvalue weighted by molar-refractivity contribution is 14.1. The van der Waals surface area contributed by atoms with E-state index in [1.807, 2.05) is 40.8 Å². The van der Waals surface area contributed by atoms with Crippen molar-refractivity contribution in [2.45, 2.75) is 4.90 Å². The van der Waals surface area contributed by atoms with E-state index in [0.29, 0.717) is 0 Å². The second-order valence-corrected chi connectivity index (χ2v) is 7.01. The van der Waals surface area contributed by atoms with Crippen LogP contribution in [0.1, 0.15) is 0 Å². The molecule has 2 aromatic rings. The zero-order valence-electron chi connectivity index (χ0n) is 7.78. The van der Waals surface area contributed by atoms with Gasteiger partial charge in [0.15, 0.2) is 0 Å². The second-order valence-electron chi connectivity index (χ2n) is 3.22. The summed E-state index contributed by atoms with van der Waals surface area (Å²) in [5.41, 5.74) is 0. The minimum absolute atomic E-state index is 0.175. The van der Waals surface area contributed by atoms with Crippen molar-refractivity contribution in [1.29, 1.82) is 0 Å². The van der Waals surface area contributed by atoms with Crippen LogP contribution in [0.4, 0.5) is 0 Å². The van der Waals surface area contributed by atoms with Crippen molar-refractivity contribution in [3.05, 3.63) is 37.5 Å². The zero-order valence-corrected chi connectivity index (χ0v) is 12.9. The molecule has 6 heteroatoms. The molecule has 0 aliphatic carbocycles. The molecule has 0 fully saturated rings. The molecule has 0 aliphatic heterocycles. The Morgan fingerprint density at radius 3 is 2.38 bits per heavy atom. The van der Waals surface area contributed by atoms with Crippen LogP contribution in [-0.2, 0) is 10.1 Å². The Balaban J connectivity index is 2.84. The second kappa shape index (κ2) is 4.39. The van der Waals surface area contributed by atoms with Crippen LogP contribution in [0, 0.1) is 7.14 Å². The lowest BCUT2D eigenvalue weighted by Gasteiger charge is -2.10. The molecule has 0 aliphatic rings. The molecule has 84 valence electrons. The molecule has 0 saturated heterocycles. The number of hydrogen-bond acceptors (Lipinski definition) is 3. The highest BCUT2D eigenvalue weighted by atomic mass is 127. The quantitative estimate of drug-likeness (QED) is 0.487. The van der Waals surface area contributed by atoms with Crippen LogP contribution in [0.2, 0.25) is 0 Å². The van der Waals surface area contributed by atoms with E-state index in [2.05, 4.69) is 22.6 Å². The molecule has 0 unspecified atom stereocenters. The van der Waals surface area contributed by atoms with Crippen molar-refractivity contribution < 1.29 is 13.0 Å². The maximum atomic E-state index is 10.9. The predicted octanol–water partition coefficient (Wildman–Crippen LogP) is 2.95. The van der Waals surface area contributed by atoms with Gasteiger partial charge >= 0.3 is 0 Å². The average Bonchev–Trinajstić information content (AvgIpc) is 2.17. The van der Waals surface area contributed by atoms with E-state index in [9.17, 15) is 13.0 Å². The summed E-state index contributed by atoms with van der Waals surface area (Å²) in [5.74, 6) is 0. The Labute approximate surface area is 120 Å². The molecule has 0 radical (unpaired) electrons. The Morgan fingerprint density at radius 1 is 1.06 bits per heavy atom. The van der Waals surface area contributed by atoms with Crippen molar-refractivity contribution in [3.63, 3.8) is 0 Å². The summed E-state index contributed by atoms with van der Waals surface area (Å²) in [6.07, 6.45) is 0. The van der Waals surface area contributed by atoms with Gasteiger partial charge in [-0.25, -0.2) is 8.42 Å². The summed E-state index contributed by atoms with van der Waals surface area (Å²) in [6, 6.07) is 8.46. The van der Waals surface area contributed by atoms with Crippen LogP contribution in [0.25, 0.3) is 10.8 Å². The van der Waals surface area contributed by atoms with E-state index in [-0.39, 0.29) is 4.90 Å². The van der Waals surface area contributed by atoms with Gasteiger partial charge in [0.25, 0.3) is 0 Å². The molecular weight excluding hydrogens is 454 g/mol. The molecule has 0 saturated carbocycles. The van der Waals surface area contributed by atoms with Crippen LogP contribution in [0.15, 0.2) is 35.2 Å². The van der Waals surface area contributed by atoms with Gasteiger partial charge in [-0.05, 0) is 80.2 Å². The fourth-order valence-corrected chi connectivity index (χ4v) is 3.44. The molecule has 0 N–H and O–H groups in total. The molecule has 16 heavy (non-hydrogen) atoms. The van der Waals surface area contributed by atoms with Gasteiger partial charge in [-0.15, -0.1) is 0 Å². The molecule has 0 atom stereocenters. The smallest absolute Gasteiger partial charge is 0.124 e. The Kier molecular flexibility index (Phi) is 3.44. The minimum atomic E-state index is -4.38. The van der Waals surface area contributed by atoms with Crippen LogP contribution >= 0.6 is 45.2 Å². The molecule has 0 bridgehead atoms. The first-order chi connectivity index (χ1) is 7.38. The molecular formula is C10H5I2O3S-. The summed E-state index contributed by atoms with van der Waals surface area (Å²) in [5, 5.41) is 1.72. The third-order valence-electron chi connectivity index (χ3n) is 2.13. The summed E-state index contributed by atoms with van der Waals surface area (Å²) in [7, 11) is -4.38. The van der Waals surface area contributed by atoms with Crippen LogP contribution < -0.4 is 0 Å². The maximum Gasteiger partial charge on any atom is 0.124 e. The first kappa shape index (κ1) is 12.5. The normalized spacial score (nSPS) is 11.9. The van der Waals surface area contributed by atoms with Gasteiger partial charge in [-0.3, -0.25) is 0 Å². The van der Waals surface area contributed by atoms with Crippen molar-refractivity contribution >= 4 is 66.1 Å². The molecule has 3 nitrogen and oxygen atoms in total. The van der Waals surface area contributed by atoms with Gasteiger partial charge in [0.05, 0.1) is 4.90 Å². The first-order valence-electron chi connectivity index (χ1n) is 4.22. The van der Waals surface area contributed by atoms with Crippen LogP contribution in [-0.4, -0.2) is 13.0 Å². The Morgan fingerprint density at radius 2 is 1.75 bits per heavy atom. The molecule has 0 heterocycles. The van der Waals surface area contributed by atoms with Crippen LogP contribution in [0.5, 0.6) is 0 Å². The Hall–Kier alpha value is 0.0700. The van der Waals surface area contributed by atoms with Gasteiger partial charge in [-0.2, -0.15) is 0 Å². The third-order valence-corrected chi connectivity index (χ3v) is 4.50. The maximum absolute atomic E-state index is 10.9. The number of halogens is 2. The number of benzene rings is 2. The van der Waals surface area contributed by atoms with Crippen molar-refractivity contribution in [2.75, 3.05) is 0 Å². The third kappa shape index (κ3) is 2.49. The minimum Gasteiger partial charge on any atom is -0.744 e. The van der Waals surface area contributed by atoms with Gasteiger partial charge in [-0.1, -0.05) is 6.07 Å². The van der Waals surface area contributed by atoms with E-state index in [1.165, 1.54) is 12.1 Å². The molecule has 2 aromatic carbocycles. The van der Waals surface area contributed by atoms with Crippen molar-refractivity contribution in [3.8, 4) is 0 Å². The van der Waals surface area contributed by atoms with Gasteiger partial charge in [0.1, 0.15) is 10.1 Å². The lowest BCUT2D eigenvalue weighted by molar-refractivity contribution is 0.463. The molecule has 0 amide bonds. The number of fused-ring (bicyclic) bond motifs is 1. The zero-order chi connectivity index (χ0) is 11.9. The van der Waals surface area contributed by atoms with Crippen LogP contribution in [0.3, 0.4) is 0 Å². The standard InChI is InChI=1S/C10H6I2O3S/c11-7-2-1-6-3-8(16(13,14)15)5-10(12)9(6)4-7/h1-5H,(H,13,14,15)/p-1. The fraction of sp³-hybridized carbons (Fsp3) is 0. The van der Waals surface area contributed by atoms with E-state index in [1.54, 1.807) is 0 Å². The average molecular weight is 459 g/mol. The molecule has 0 spiro atoms. The highest BCUT2D eigenvalue weighted by Gasteiger charge is 2.07. The largest absolute Gasteiger partial charge is 0.744 e. The fourth-order valence-electron chi connectivity index (χ4n) is 1.40. The summed E-state index contributed by atoms with van der Waals surface area (Å²) in [6.45, 7) is 0. The highest BCUT2D eigenvalue weighted by Crippen LogP contribution is 2.26. The number of rotatable bonds is 1. The monoisotopic (exact) mass is 459 g/mol. The van der Waals surface area contributed by atoms with E-state index in [4.69, 9.17) is 0 Å².